The molecule has 0 saturated heterocycles. The lowest BCUT2D eigenvalue weighted by Gasteiger charge is -2.20. The van der Waals surface area contributed by atoms with Gasteiger partial charge in [0.15, 0.2) is 0 Å². The maximum atomic E-state index is 13.0. The molecule has 29 heavy (non-hydrogen) atoms. The summed E-state index contributed by atoms with van der Waals surface area (Å²) >= 11 is 0. The molecule has 0 aliphatic rings. The third kappa shape index (κ3) is 5.66. The quantitative estimate of drug-likeness (QED) is 0.398. The standard InChI is InChI=1S/C22H27N5O2/c1-23-11-4-12-24-21(17-5-3-6-20(13-17)29-2)22(28)27-19-9-7-16(8-10-19)18-14-25-26-15-18/h3,5-10,13-15,21,23-24H,4,11-12H2,1-2H3,(H,25,26)(H,27,28). The van der Waals surface area contributed by atoms with E-state index in [2.05, 4.69) is 26.1 Å². The Hall–Kier alpha value is -3.16. The number of aromatic nitrogens is 2. The van der Waals surface area contributed by atoms with Gasteiger partial charge in [0.2, 0.25) is 5.91 Å². The van der Waals surface area contributed by atoms with Crippen LogP contribution in [0.1, 0.15) is 18.0 Å². The number of amides is 1. The molecule has 2 aromatic carbocycles. The molecule has 1 atom stereocenters. The summed E-state index contributed by atoms with van der Waals surface area (Å²) in [6.45, 7) is 1.60. The minimum atomic E-state index is -0.476. The molecule has 0 aliphatic carbocycles. The number of anilines is 1. The van der Waals surface area contributed by atoms with Crippen molar-refractivity contribution in [2.45, 2.75) is 12.5 Å². The lowest BCUT2D eigenvalue weighted by molar-refractivity contribution is -0.118. The van der Waals surface area contributed by atoms with Gasteiger partial charge in [-0.2, -0.15) is 5.10 Å². The first-order valence-electron chi connectivity index (χ1n) is 9.63. The molecular weight excluding hydrogens is 366 g/mol. The van der Waals surface area contributed by atoms with Gasteiger partial charge in [0, 0.05) is 17.4 Å². The number of H-pyrrole nitrogens is 1. The van der Waals surface area contributed by atoms with Gasteiger partial charge in [-0.3, -0.25) is 9.89 Å². The first-order valence-corrected chi connectivity index (χ1v) is 9.63. The van der Waals surface area contributed by atoms with E-state index in [0.717, 1.165) is 47.6 Å². The monoisotopic (exact) mass is 393 g/mol. The van der Waals surface area contributed by atoms with E-state index in [9.17, 15) is 4.79 Å². The third-order valence-corrected chi connectivity index (χ3v) is 4.63. The Morgan fingerprint density at radius 1 is 1.14 bits per heavy atom. The van der Waals surface area contributed by atoms with Gasteiger partial charge in [-0.25, -0.2) is 0 Å². The van der Waals surface area contributed by atoms with Gasteiger partial charge < -0.3 is 20.7 Å². The fourth-order valence-corrected chi connectivity index (χ4v) is 3.06. The minimum Gasteiger partial charge on any atom is -0.497 e. The van der Waals surface area contributed by atoms with E-state index in [-0.39, 0.29) is 5.91 Å². The van der Waals surface area contributed by atoms with Crippen LogP contribution >= 0.6 is 0 Å². The molecule has 7 nitrogen and oxygen atoms in total. The summed E-state index contributed by atoms with van der Waals surface area (Å²) in [5.74, 6) is 0.612. The van der Waals surface area contributed by atoms with Crippen molar-refractivity contribution in [3.8, 4) is 16.9 Å². The van der Waals surface area contributed by atoms with Crippen LogP contribution in [0.15, 0.2) is 60.9 Å². The number of methoxy groups -OCH3 is 1. The zero-order chi connectivity index (χ0) is 20.5. The molecule has 0 saturated carbocycles. The molecular formula is C22H27N5O2. The van der Waals surface area contributed by atoms with E-state index >= 15 is 0 Å². The lowest BCUT2D eigenvalue weighted by Crippen LogP contribution is -2.34. The number of hydrogen-bond acceptors (Lipinski definition) is 5. The second-order valence-electron chi connectivity index (χ2n) is 6.67. The van der Waals surface area contributed by atoms with E-state index in [1.54, 1.807) is 13.3 Å². The largest absolute Gasteiger partial charge is 0.497 e. The molecule has 0 bridgehead atoms. The number of benzene rings is 2. The van der Waals surface area contributed by atoms with Crippen LogP contribution in [0.25, 0.3) is 11.1 Å². The predicted octanol–water partition coefficient (Wildman–Crippen LogP) is 2.96. The second-order valence-corrected chi connectivity index (χ2v) is 6.67. The second kappa shape index (κ2) is 10.4. The third-order valence-electron chi connectivity index (χ3n) is 4.63. The highest BCUT2D eigenvalue weighted by molar-refractivity contribution is 5.95. The molecule has 7 heteroatoms. The Morgan fingerprint density at radius 3 is 2.66 bits per heavy atom. The highest BCUT2D eigenvalue weighted by Crippen LogP contribution is 2.23. The summed E-state index contributed by atoms with van der Waals surface area (Å²) < 4.78 is 5.32. The summed E-state index contributed by atoms with van der Waals surface area (Å²) in [5, 5.41) is 16.3. The molecule has 1 aromatic heterocycles. The van der Waals surface area contributed by atoms with Gasteiger partial charge in [0.05, 0.1) is 13.3 Å². The van der Waals surface area contributed by atoms with Gasteiger partial charge in [-0.15, -0.1) is 0 Å². The number of nitrogens with zero attached hydrogens (tertiary/aromatic N) is 1. The van der Waals surface area contributed by atoms with Crippen LogP contribution in [0.2, 0.25) is 0 Å². The average molecular weight is 393 g/mol. The number of aromatic amines is 1. The molecule has 3 aromatic rings. The normalized spacial score (nSPS) is 11.8. The summed E-state index contributed by atoms with van der Waals surface area (Å²) in [6.07, 6.45) is 4.52. The molecule has 1 amide bonds. The number of carbonyl (C=O) groups is 1. The lowest BCUT2D eigenvalue weighted by atomic mass is 10.0. The number of nitrogens with one attached hydrogen (secondary N) is 4. The van der Waals surface area contributed by atoms with Crippen molar-refractivity contribution in [1.82, 2.24) is 20.8 Å². The summed E-state index contributed by atoms with van der Waals surface area (Å²) in [5.41, 5.74) is 3.64. The minimum absolute atomic E-state index is 0.112. The van der Waals surface area contributed by atoms with Crippen LogP contribution in [0.4, 0.5) is 5.69 Å². The molecule has 0 radical (unpaired) electrons. The molecule has 0 spiro atoms. The topological polar surface area (TPSA) is 91.1 Å². The van der Waals surface area contributed by atoms with Gasteiger partial charge in [0.1, 0.15) is 11.8 Å². The fourth-order valence-electron chi connectivity index (χ4n) is 3.06. The van der Waals surface area contributed by atoms with E-state index in [1.165, 1.54) is 0 Å². The first-order chi connectivity index (χ1) is 14.2. The van der Waals surface area contributed by atoms with Crippen LogP contribution in [0.5, 0.6) is 5.75 Å². The summed E-state index contributed by atoms with van der Waals surface area (Å²) in [6, 6.07) is 14.8. The first kappa shape index (κ1) is 20.6. The van der Waals surface area contributed by atoms with Crippen LogP contribution < -0.4 is 20.7 Å². The SMILES string of the molecule is CNCCCNC(C(=O)Nc1ccc(-c2cn[nH]c2)cc1)c1cccc(OC)c1. The van der Waals surface area contributed by atoms with Crippen LogP contribution in [0.3, 0.4) is 0 Å². The number of rotatable bonds is 10. The van der Waals surface area contributed by atoms with Crippen molar-refractivity contribution >= 4 is 11.6 Å². The zero-order valence-corrected chi connectivity index (χ0v) is 16.7. The van der Waals surface area contributed by atoms with Gasteiger partial charge in [0.25, 0.3) is 0 Å². The summed E-state index contributed by atoms with van der Waals surface area (Å²) in [4.78, 5) is 13.0. The number of hydrogen-bond donors (Lipinski definition) is 4. The van der Waals surface area contributed by atoms with Gasteiger partial charge >= 0.3 is 0 Å². The Bertz CT molecular complexity index is 894. The average Bonchev–Trinajstić information content (AvgIpc) is 3.29. The van der Waals surface area contributed by atoms with Crippen molar-refractivity contribution in [1.29, 1.82) is 0 Å². The summed E-state index contributed by atoms with van der Waals surface area (Å²) in [7, 11) is 3.54. The van der Waals surface area contributed by atoms with Crippen LogP contribution in [-0.2, 0) is 4.79 Å². The van der Waals surface area contributed by atoms with Crippen LogP contribution in [0, 0.1) is 0 Å². The highest BCUT2D eigenvalue weighted by atomic mass is 16.5. The molecule has 4 N–H and O–H groups in total. The molecule has 1 unspecified atom stereocenters. The van der Waals surface area contributed by atoms with Gasteiger partial charge in [-0.1, -0.05) is 24.3 Å². The number of carbonyl (C=O) groups excluding carboxylic acids is 1. The Labute approximate surface area is 170 Å². The predicted molar refractivity (Wildman–Crippen MR) is 115 cm³/mol. The molecule has 152 valence electrons. The molecule has 1 heterocycles. The van der Waals surface area contributed by atoms with E-state index in [1.807, 2.05) is 61.8 Å². The molecule has 3 rings (SSSR count). The number of ether oxygens (including phenoxy) is 1. The smallest absolute Gasteiger partial charge is 0.246 e. The fraction of sp³-hybridized carbons (Fsp3) is 0.273. The van der Waals surface area contributed by atoms with E-state index < -0.39 is 6.04 Å². The zero-order valence-electron chi connectivity index (χ0n) is 16.7. The molecule has 0 aliphatic heterocycles. The van der Waals surface area contributed by atoms with Gasteiger partial charge in [-0.05, 0) is 62.0 Å². The maximum Gasteiger partial charge on any atom is 0.246 e. The van der Waals surface area contributed by atoms with Crippen molar-refractivity contribution in [3.05, 3.63) is 66.5 Å². The highest BCUT2D eigenvalue weighted by Gasteiger charge is 2.20. The van der Waals surface area contributed by atoms with Crippen molar-refractivity contribution in [2.24, 2.45) is 0 Å². The Morgan fingerprint density at radius 2 is 1.97 bits per heavy atom. The van der Waals surface area contributed by atoms with Crippen molar-refractivity contribution < 1.29 is 9.53 Å². The van der Waals surface area contributed by atoms with E-state index in [4.69, 9.17) is 4.74 Å². The van der Waals surface area contributed by atoms with Crippen LogP contribution in [-0.4, -0.2) is 43.4 Å². The Balaban J connectivity index is 1.72. The van der Waals surface area contributed by atoms with Crippen molar-refractivity contribution in [2.75, 3.05) is 32.6 Å². The van der Waals surface area contributed by atoms with E-state index in [0.29, 0.717) is 0 Å². The van der Waals surface area contributed by atoms with Crippen molar-refractivity contribution in [3.63, 3.8) is 0 Å². The molecule has 0 fully saturated rings. The maximum absolute atomic E-state index is 13.0. The Kier molecular flexibility index (Phi) is 7.38.